The molecule has 1 nitrogen and oxygen atoms in total. The van der Waals surface area contributed by atoms with Gasteiger partial charge in [0.15, 0.2) is 5.82 Å². The standard InChI is InChI=1S/C10H7BrFN/c11-8-3-1-2-7-6(8)4-5-9(13)10(7)12/h1-5H,13H2. The van der Waals surface area contributed by atoms with Crippen molar-refractivity contribution in [3.05, 3.63) is 40.6 Å². The van der Waals surface area contributed by atoms with Crippen LogP contribution in [0.1, 0.15) is 0 Å². The Morgan fingerprint density at radius 3 is 2.62 bits per heavy atom. The quantitative estimate of drug-likeness (QED) is 0.702. The van der Waals surface area contributed by atoms with Gasteiger partial charge in [-0.05, 0) is 17.5 Å². The zero-order valence-corrected chi connectivity index (χ0v) is 8.31. The van der Waals surface area contributed by atoms with Crippen molar-refractivity contribution < 1.29 is 4.39 Å². The predicted octanol–water partition coefficient (Wildman–Crippen LogP) is 3.32. The summed E-state index contributed by atoms with van der Waals surface area (Å²) in [6.45, 7) is 0. The Morgan fingerprint density at radius 1 is 1.08 bits per heavy atom. The van der Waals surface area contributed by atoms with Crippen LogP contribution in [0.3, 0.4) is 0 Å². The van der Waals surface area contributed by atoms with Crippen molar-refractivity contribution in [3.8, 4) is 0 Å². The fourth-order valence-corrected chi connectivity index (χ4v) is 1.80. The summed E-state index contributed by atoms with van der Waals surface area (Å²) in [5.74, 6) is -0.348. The summed E-state index contributed by atoms with van der Waals surface area (Å²) >= 11 is 3.35. The number of benzene rings is 2. The van der Waals surface area contributed by atoms with E-state index in [1.54, 1.807) is 24.3 Å². The number of nitrogen functional groups attached to an aromatic ring is 1. The van der Waals surface area contributed by atoms with Crippen LogP contribution >= 0.6 is 15.9 Å². The van der Waals surface area contributed by atoms with Gasteiger partial charge in [-0.3, -0.25) is 0 Å². The van der Waals surface area contributed by atoms with E-state index in [0.717, 1.165) is 9.86 Å². The molecule has 2 N–H and O–H groups in total. The van der Waals surface area contributed by atoms with E-state index in [0.29, 0.717) is 5.39 Å². The summed E-state index contributed by atoms with van der Waals surface area (Å²) in [6.07, 6.45) is 0. The maximum atomic E-state index is 13.4. The molecule has 0 atom stereocenters. The Hall–Kier alpha value is -1.09. The second-order valence-corrected chi connectivity index (χ2v) is 3.66. The number of fused-ring (bicyclic) bond motifs is 1. The molecule has 0 aliphatic carbocycles. The van der Waals surface area contributed by atoms with Crippen molar-refractivity contribution in [2.24, 2.45) is 0 Å². The molecule has 0 saturated carbocycles. The first-order valence-corrected chi connectivity index (χ1v) is 4.61. The summed E-state index contributed by atoms with van der Waals surface area (Å²) < 4.78 is 14.3. The number of rotatable bonds is 0. The molecule has 3 heteroatoms. The van der Waals surface area contributed by atoms with Gasteiger partial charge < -0.3 is 5.73 Å². The largest absolute Gasteiger partial charge is 0.396 e. The fraction of sp³-hybridized carbons (Fsp3) is 0. The first kappa shape index (κ1) is 8.51. The van der Waals surface area contributed by atoms with Crippen LogP contribution < -0.4 is 5.73 Å². The molecule has 0 unspecified atom stereocenters. The van der Waals surface area contributed by atoms with Gasteiger partial charge in [0.25, 0.3) is 0 Å². The highest BCUT2D eigenvalue weighted by Gasteiger charge is 2.05. The van der Waals surface area contributed by atoms with E-state index in [1.807, 2.05) is 6.07 Å². The van der Waals surface area contributed by atoms with Crippen LogP contribution in [-0.4, -0.2) is 0 Å². The third-order valence-corrected chi connectivity index (χ3v) is 2.66. The van der Waals surface area contributed by atoms with E-state index in [4.69, 9.17) is 5.73 Å². The van der Waals surface area contributed by atoms with Crippen LogP contribution in [0.5, 0.6) is 0 Å². The SMILES string of the molecule is Nc1ccc2c(Br)cccc2c1F. The minimum atomic E-state index is -0.348. The van der Waals surface area contributed by atoms with Crippen LogP contribution in [0.15, 0.2) is 34.8 Å². The molecule has 0 saturated heterocycles. The van der Waals surface area contributed by atoms with E-state index in [-0.39, 0.29) is 11.5 Å². The molecule has 2 aromatic rings. The smallest absolute Gasteiger partial charge is 0.153 e. The number of hydrogen-bond donors (Lipinski definition) is 1. The molecule has 2 aromatic carbocycles. The van der Waals surface area contributed by atoms with Gasteiger partial charge in [-0.1, -0.05) is 34.1 Å². The maximum absolute atomic E-state index is 13.4. The van der Waals surface area contributed by atoms with E-state index < -0.39 is 0 Å². The Bertz CT molecular complexity index is 468. The number of hydrogen-bond acceptors (Lipinski definition) is 1. The highest BCUT2D eigenvalue weighted by Crippen LogP contribution is 2.28. The lowest BCUT2D eigenvalue weighted by Gasteiger charge is -2.03. The highest BCUT2D eigenvalue weighted by molar-refractivity contribution is 9.10. The molecule has 0 radical (unpaired) electrons. The third-order valence-electron chi connectivity index (χ3n) is 1.97. The van der Waals surface area contributed by atoms with Crippen molar-refractivity contribution in [3.63, 3.8) is 0 Å². The van der Waals surface area contributed by atoms with Crippen LogP contribution in [-0.2, 0) is 0 Å². The van der Waals surface area contributed by atoms with Gasteiger partial charge in [0.1, 0.15) is 0 Å². The van der Waals surface area contributed by atoms with Gasteiger partial charge in [0, 0.05) is 9.86 Å². The molecule has 0 spiro atoms. The van der Waals surface area contributed by atoms with Gasteiger partial charge >= 0.3 is 0 Å². The molecule has 0 heterocycles. The van der Waals surface area contributed by atoms with Crippen LogP contribution in [0, 0.1) is 5.82 Å². The molecule has 0 bridgehead atoms. The van der Waals surface area contributed by atoms with E-state index in [1.165, 1.54) is 0 Å². The first-order valence-electron chi connectivity index (χ1n) is 3.82. The van der Waals surface area contributed by atoms with Crippen LogP contribution in [0.2, 0.25) is 0 Å². The topological polar surface area (TPSA) is 26.0 Å². The van der Waals surface area contributed by atoms with Crippen LogP contribution in [0.4, 0.5) is 10.1 Å². The van der Waals surface area contributed by atoms with Gasteiger partial charge in [0.2, 0.25) is 0 Å². The molecule has 13 heavy (non-hydrogen) atoms. The molecule has 0 fully saturated rings. The number of nitrogens with two attached hydrogens (primary N) is 1. The summed E-state index contributed by atoms with van der Waals surface area (Å²) in [7, 11) is 0. The Kier molecular flexibility index (Phi) is 1.96. The van der Waals surface area contributed by atoms with E-state index in [2.05, 4.69) is 15.9 Å². The Balaban J connectivity index is 2.94. The van der Waals surface area contributed by atoms with Crippen LogP contribution in [0.25, 0.3) is 10.8 Å². The monoisotopic (exact) mass is 239 g/mol. The van der Waals surface area contributed by atoms with E-state index >= 15 is 0 Å². The summed E-state index contributed by atoms with van der Waals surface area (Å²) in [5.41, 5.74) is 5.63. The average molecular weight is 240 g/mol. The number of anilines is 1. The van der Waals surface area contributed by atoms with Crippen molar-refractivity contribution in [1.82, 2.24) is 0 Å². The summed E-state index contributed by atoms with van der Waals surface area (Å²) in [6, 6.07) is 8.75. The highest BCUT2D eigenvalue weighted by atomic mass is 79.9. The lowest BCUT2D eigenvalue weighted by molar-refractivity contribution is 0.644. The molecule has 66 valence electrons. The van der Waals surface area contributed by atoms with Gasteiger partial charge in [-0.25, -0.2) is 4.39 Å². The van der Waals surface area contributed by atoms with Crippen molar-refractivity contribution in [2.75, 3.05) is 5.73 Å². The lowest BCUT2D eigenvalue weighted by atomic mass is 10.1. The fourth-order valence-electron chi connectivity index (χ4n) is 1.30. The summed E-state index contributed by atoms with van der Waals surface area (Å²) in [4.78, 5) is 0. The molecular formula is C10H7BrFN. The van der Waals surface area contributed by atoms with Crippen molar-refractivity contribution >= 4 is 32.4 Å². The maximum Gasteiger partial charge on any atom is 0.153 e. The molecule has 0 aliphatic heterocycles. The average Bonchev–Trinajstić information content (AvgIpc) is 2.12. The van der Waals surface area contributed by atoms with Crippen molar-refractivity contribution in [1.29, 1.82) is 0 Å². The van der Waals surface area contributed by atoms with E-state index in [9.17, 15) is 4.39 Å². The Labute approximate surface area is 83.5 Å². The molecule has 0 aliphatic rings. The lowest BCUT2D eigenvalue weighted by Crippen LogP contribution is -1.91. The van der Waals surface area contributed by atoms with Gasteiger partial charge in [0.05, 0.1) is 5.69 Å². The second-order valence-electron chi connectivity index (χ2n) is 2.80. The summed E-state index contributed by atoms with van der Waals surface area (Å²) in [5, 5.41) is 1.39. The minimum absolute atomic E-state index is 0.186. The molecule has 2 rings (SSSR count). The predicted molar refractivity (Wildman–Crippen MR) is 56.0 cm³/mol. The molecular weight excluding hydrogens is 233 g/mol. The molecule has 0 amide bonds. The normalized spacial score (nSPS) is 10.6. The van der Waals surface area contributed by atoms with Crippen molar-refractivity contribution in [2.45, 2.75) is 0 Å². The van der Waals surface area contributed by atoms with Gasteiger partial charge in [-0.15, -0.1) is 0 Å². The van der Waals surface area contributed by atoms with Gasteiger partial charge in [-0.2, -0.15) is 0 Å². The third kappa shape index (κ3) is 1.29. The second kappa shape index (κ2) is 3.00. The Morgan fingerprint density at radius 2 is 1.85 bits per heavy atom. The first-order chi connectivity index (χ1) is 6.20. The zero-order chi connectivity index (χ0) is 9.42. The minimum Gasteiger partial charge on any atom is -0.396 e. The molecule has 0 aromatic heterocycles. The number of halogens is 2. The zero-order valence-electron chi connectivity index (χ0n) is 6.72.